The Morgan fingerprint density at radius 1 is 1.38 bits per heavy atom. The van der Waals surface area contributed by atoms with E-state index in [1.165, 1.54) is 0 Å². The van der Waals surface area contributed by atoms with E-state index in [1.807, 2.05) is 5.51 Å². The molecule has 2 rings (SSSR count). The van der Waals surface area contributed by atoms with Crippen molar-refractivity contribution in [3.05, 3.63) is 46.4 Å². The minimum absolute atomic E-state index is 0.269. The van der Waals surface area contributed by atoms with Gasteiger partial charge in [-0.2, -0.15) is 0 Å². The summed E-state index contributed by atoms with van der Waals surface area (Å²) in [4.78, 5) is 17.2. The Labute approximate surface area is 127 Å². The fourth-order valence-corrected chi connectivity index (χ4v) is 2.44. The van der Waals surface area contributed by atoms with Crippen LogP contribution in [0.25, 0.3) is 0 Å². The number of ether oxygens (including phenoxy) is 1. The van der Waals surface area contributed by atoms with Crippen molar-refractivity contribution < 1.29 is 14.6 Å². The van der Waals surface area contributed by atoms with Crippen LogP contribution in [0.1, 0.15) is 22.5 Å². The van der Waals surface area contributed by atoms with Gasteiger partial charge >= 0.3 is 5.97 Å². The molecule has 0 radical (unpaired) electrons. The Morgan fingerprint density at radius 2 is 2.14 bits per heavy atom. The predicted molar refractivity (Wildman–Crippen MR) is 82.0 cm³/mol. The van der Waals surface area contributed by atoms with Crippen LogP contribution in [0.2, 0.25) is 0 Å². The van der Waals surface area contributed by atoms with Crippen LogP contribution in [0.5, 0.6) is 5.75 Å². The number of thiazole rings is 1. The van der Waals surface area contributed by atoms with Crippen LogP contribution in [0, 0.1) is 0 Å². The van der Waals surface area contributed by atoms with Gasteiger partial charge in [0.25, 0.3) is 0 Å². The zero-order valence-corrected chi connectivity index (χ0v) is 12.7. The average molecular weight is 306 g/mol. The lowest BCUT2D eigenvalue weighted by Crippen LogP contribution is -2.20. The quantitative estimate of drug-likeness (QED) is 0.760. The van der Waals surface area contributed by atoms with Crippen LogP contribution >= 0.6 is 11.3 Å². The summed E-state index contributed by atoms with van der Waals surface area (Å²) in [7, 11) is 2.06. The fourth-order valence-electron chi connectivity index (χ4n) is 1.89. The van der Waals surface area contributed by atoms with Gasteiger partial charge in [-0.1, -0.05) is 0 Å². The maximum absolute atomic E-state index is 10.7. The second-order valence-electron chi connectivity index (χ2n) is 4.75. The zero-order chi connectivity index (χ0) is 15.1. The SMILES string of the molecule is CN(CCCOc1ccc(C(=O)O)cc1)Cc1cscn1. The van der Waals surface area contributed by atoms with Crippen molar-refractivity contribution in [1.29, 1.82) is 0 Å². The Bertz CT molecular complexity index is 555. The maximum Gasteiger partial charge on any atom is 0.335 e. The van der Waals surface area contributed by atoms with Crippen LogP contribution in [0.15, 0.2) is 35.2 Å². The summed E-state index contributed by atoms with van der Waals surface area (Å²) in [6, 6.07) is 6.46. The van der Waals surface area contributed by atoms with Gasteiger partial charge in [-0.25, -0.2) is 9.78 Å². The van der Waals surface area contributed by atoms with Gasteiger partial charge in [0.1, 0.15) is 5.75 Å². The van der Waals surface area contributed by atoms with Crippen LogP contribution in [-0.4, -0.2) is 41.2 Å². The van der Waals surface area contributed by atoms with Gasteiger partial charge < -0.3 is 14.7 Å². The van der Waals surface area contributed by atoms with Crippen molar-refractivity contribution in [3.8, 4) is 5.75 Å². The second kappa shape index (κ2) is 7.75. The van der Waals surface area contributed by atoms with Gasteiger partial charge in [0.2, 0.25) is 0 Å². The van der Waals surface area contributed by atoms with Gasteiger partial charge in [0, 0.05) is 18.5 Å². The summed E-state index contributed by atoms with van der Waals surface area (Å²) >= 11 is 1.61. The molecule has 1 aromatic carbocycles. The van der Waals surface area contributed by atoms with Crippen molar-refractivity contribution in [3.63, 3.8) is 0 Å². The number of aromatic carboxylic acids is 1. The number of hydrogen-bond acceptors (Lipinski definition) is 5. The molecular weight excluding hydrogens is 288 g/mol. The van der Waals surface area contributed by atoms with E-state index >= 15 is 0 Å². The normalized spacial score (nSPS) is 10.8. The summed E-state index contributed by atoms with van der Waals surface area (Å²) in [5, 5.41) is 10.9. The Morgan fingerprint density at radius 3 is 2.76 bits per heavy atom. The van der Waals surface area contributed by atoms with E-state index in [1.54, 1.807) is 35.6 Å². The Kier molecular flexibility index (Phi) is 5.71. The minimum atomic E-state index is -0.926. The van der Waals surface area contributed by atoms with E-state index in [0.29, 0.717) is 12.4 Å². The standard InChI is InChI=1S/C15H18N2O3S/c1-17(9-13-10-21-11-16-13)7-2-8-20-14-5-3-12(4-6-14)15(18)19/h3-6,10-11H,2,7-9H2,1H3,(H,18,19). The van der Waals surface area contributed by atoms with E-state index in [9.17, 15) is 4.79 Å². The van der Waals surface area contributed by atoms with Crippen LogP contribution in [0.4, 0.5) is 0 Å². The minimum Gasteiger partial charge on any atom is -0.494 e. The molecular formula is C15H18N2O3S. The molecule has 1 aromatic heterocycles. The maximum atomic E-state index is 10.7. The molecule has 21 heavy (non-hydrogen) atoms. The molecule has 1 N–H and O–H groups in total. The van der Waals surface area contributed by atoms with Crippen LogP contribution in [-0.2, 0) is 6.54 Å². The molecule has 0 unspecified atom stereocenters. The van der Waals surface area contributed by atoms with Crippen molar-refractivity contribution in [2.75, 3.05) is 20.2 Å². The van der Waals surface area contributed by atoms with Crippen molar-refractivity contribution in [2.24, 2.45) is 0 Å². The monoisotopic (exact) mass is 306 g/mol. The molecule has 0 saturated carbocycles. The van der Waals surface area contributed by atoms with E-state index in [0.717, 1.165) is 25.2 Å². The van der Waals surface area contributed by atoms with Crippen molar-refractivity contribution in [1.82, 2.24) is 9.88 Å². The third-order valence-corrected chi connectivity index (χ3v) is 3.60. The molecule has 6 heteroatoms. The smallest absolute Gasteiger partial charge is 0.335 e. The fraction of sp³-hybridized carbons (Fsp3) is 0.333. The molecule has 1 heterocycles. The number of carboxylic acid groups (broad SMARTS) is 1. The molecule has 0 atom stereocenters. The van der Waals surface area contributed by atoms with Gasteiger partial charge in [0.05, 0.1) is 23.4 Å². The van der Waals surface area contributed by atoms with Gasteiger partial charge in [0.15, 0.2) is 0 Å². The summed E-state index contributed by atoms with van der Waals surface area (Å²) < 4.78 is 5.59. The molecule has 0 bridgehead atoms. The summed E-state index contributed by atoms with van der Waals surface area (Å²) in [6.07, 6.45) is 0.904. The number of carbonyl (C=O) groups is 1. The number of hydrogen-bond donors (Lipinski definition) is 1. The first-order chi connectivity index (χ1) is 10.1. The second-order valence-corrected chi connectivity index (χ2v) is 5.47. The molecule has 0 aliphatic heterocycles. The predicted octanol–water partition coefficient (Wildman–Crippen LogP) is 2.74. The van der Waals surface area contributed by atoms with E-state index < -0.39 is 5.97 Å². The number of nitrogens with zero attached hydrogens (tertiary/aromatic N) is 2. The molecule has 0 saturated heterocycles. The molecule has 0 amide bonds. The summed E-state index contributed by atoms with van der Waals surface area (Å²) in [6.45, 7) is 2.37. The highest BCUT2D eigenvalue weighted by Gasteiger charge is 2.03. The summed E-state index contributed by atoms with van der Waals surface area (Å²) in [5.74, 6) is -0.229. The third kappa shape index (κ3) is 5.17. The van der Waals surface area contributed by atoms with Crippen molar-refractivity contribution in [2.45, 2.75) is 13.0 Å². The van der Waals surface area contributed by atoms with E-state index in [2.05, 4.69) is 22.3 Å². The zero-order valence-electron chi connectivity index (χ0n) is 11.9. The number of benzene rings is 1. The van der Waals surface area contributed by atoms with E-state index in [4.69, 9.17) is 9.84 Å². The highest BCUT2D eigenvalue weighted by atomic mass is 32.1. The Hall–Kier alpha value is -1.92. The summed E-state index contributed by atoms with van der Waals surface area (Å²) in [5.41, 5.74) is 3.20. The molecule has 5 nitrogen and oxygen atoms in total. The lowest BCUT2D eigenvalue weighted by Gasteiger charge is -2.15. The molecule has 2 aromatic rings. The molecule has 0 spiro atoms. The van der Waals surface area contributed by atoms with Crippen molar-refractivity contribution >= 4 is 17.3 Å². The number of rotatable bonds is 8. The highest BCUT2D eigenvalue weighted by Crippen LogP contribution is 2.12. The van der Waals surface area contributed by atoms with Crippen LogP contribution < -0.4 is 4.74 Å². The molecule has 0 aliphatic carbocycles. The number of carboxylic acids is 1. The molecule has 112 valence electrons. The van der Waals surface area contributed by atoms with Gasteiger partial charge in [-0.3, -0.25) is 0 Å². The lowest BCUT2D eigenvalue weighted by atomic mass is 10.2. The molecule has 0 aliphatic rings. The van der Waals surface area contributed by atoms with Crippen LogP contribution in [0.3, 0.4) is 0 Å². The first kappa shape index (κ1) is 15.5. The first-order valence-corrected chi connectivity index (χ1v) is 7.61. The largest absolute Gasteiger partial charge is 0.494 e. The van der Waals surface area contributed by atoms with Gasteiger partial charge in [-0.05, 0) is 37.7 Å². The third-order valence-electron chi connectivity index (χ3n) is 2.97. The highest BCUT2D eigenvalue weighted by molar-refractivity contribution is 7.07. The van der Waals surface area contributed by atoms with E-state index in [-0.39, 0.29) is 5.56 Å². The van der Waals surface area contributed by atoms with Gasteiger partial charge in [-0.15, -0.1) is 11.3 Å². The topological polar surface area (TPSA) is 62.7 Å². The Balaban J connectivity index is 1.66. The lowest BCUT2D eigenvalue weighted by molar-refractivity contribution is 0.0697. The number of aromatic nitrogens is 1. The first-order valence-electron chi connectivity index (χ1n) is 6.67. The average Bonchev–Trinajstić information content (AvgIpc) is 2.97. The molecule has 0 fully saturated rings.